The Morgan fingerprint density at radius 1 is 1.32 bits per heavy atom. The molecule has 0 saturated heterocycles. The van der Waals surface area contributed by atoms with Gasteiger partial charge in [-0.2, -0.15) is 18.1 Å². The minimum Gasteiger partial charge on any atom is -0.762 e. The van der Waals surface area contributed by atoms with Crippen molar-refractivity contribution in [1.82, 2.24) is 0 Å². The molecule has 144 valence electrons. The van der Waals surface area contributed by atoms with Gasteiger partial charge in [-0.1, -0.05) is 23.4 Å². The molecular weight excluding hydrogens is 418 g/mol. The van der Waals surface area contributed by atoms with Gasteiger partial charge < -0.3 is 10.3 Å². The molecule has 10 heteroatoms. The SMILES string of the molecule is CN(C)c1cc[nH+]cc1.Cc1cc2c(cc1Cl)SC(C(=C=[N-])C#N)=NS2(=O)=O. The number of nitriles is 1. The molecule has 0 fully saturated rings. The highest BCUT2D eigenvalue weighted by atomic mass is 35.5. The molecule has 2 heterocycles. The molecule has 0 saturated carbocycles. The number of benzene rings is 1. The largest absolute Gasteiger partial charge is 0.762 e. The van der Waals surface area contributed by atoms with Gasteiger partial charge in [0.15, 0.2) is 12.4 Å². The number of aromatic amines is 1. The minimum atomic E-state index is -3.91. The van der Waals surface area contributed by atoms with Crippen LogP contribution >= 0.6 is 23.4 Å². The zero-order valence-electron chi connectivity index (χ0n) is 15.3. The molecule has 2 aromatic rings. The Bertz CT molecular complexity index is 1120. The first-order chi connectivity index (χ1) is 13.2. The van der Waals surface area contributed by atoms with E-state index in [4.69, 9.17) is 22.3 Å². The van der Waals surface area contributed by atoms with Gasteiger partial charge in [-0.05, 0) is 24.6 Å². The number of aryl methyl sites for hydroxylation is 1. The Morgan fingerprint density at radius 3 is 2.46 bits per heavy atom. The van der Waals surface area contributed by atoms with Crippen molar-refractivity contribution in [3.8, 4) is 6.07 Å². The molecule has 1 aromatic carbocycles. The van der Waals surface area contributed by atoms with E-state index >= 15 is 0 Å². The highest BCUT2D eigenvalue weighted by Gasteiger charge is 2.28. The molecule has 1 aromatic heterocycles. The zero-order valence-corrected chi connectivity index (χ0v) is 17.7. The molecule has 0 aliphatic carbocycles. The highest BCUT2D eigenvalue weighted by molar-refractivity contribution is 8.16. The monoisotopic (exact) mass is 433 g/mol. The van der Waals surface area contributed by atoms with Crippen LogP contribution in [0.1, 0.15) is 5.56 Å². The number of H-pyrrole nitrogens is 1. The molecule has 3 rings (SSSR count). The third kappa shape index (κ3) is 5.00. The zero-order chi connectivity index (χ0) is 20.9. The van der Waals surface area contributed by atoms with Gasteiger partial charge >= 0.3 is 0 Å². The number of thioether (sulfide) groups is 1. The average molecular weight is 434 g/mol. The molecule has 1 N–H and O–H groups in total. The second kappa shape index (κ2) is 9.04. The summed E-state index contributed by atoms with van der Waals surface area (Å²) in [5.41, 5.74) is 1.50. The molecule has 0 radical (unpaired) electrons. The van der Waals surface area contributed by atoms with Crippen LogP contribution in [0.2, 0.25) is 5.02 Å². The van der Waals surface area contributed by atoms with Crippen molar-refractivity contribution in [1.29, 1.82) is 5.26 Å². The Hall–Kier alpha value is -2.63. The summed E-state index contributed by atoms with van der Waals surface area (Å²) in [5.74, 6) is 1.62. The van der Waals surface area contributed by atoms with E-state index in [-0.39, 0.29) is 15.5 Å². The van der Waals surface area contributed by atoms with Crippen LogP contribution in [0.15, 0.2) is 56.4 Å². The van der Waals surface area contributed by atoms with Crippen LogP contribution < -0.4 is 9.88 Å². The molecule has 1 aliphatic heterocycles. The lowest BCUT2D eigenvalue weighted by Gasteiger charge is -2.15. The molecule has 28 heavy (non-hydrogen) atoms. The van der Waals surface area contributed by atoms with Gasteiger partial charge in [0.05, 0.1) is 0 Å². The number of nitrogens with zero attached hydrogens (tertiary/aromatic N) is 4. The molecule has 0 spiro atoms. The summed E-state index contributed by atoms with van der Waals surface area (Å²) in [7, 11) is 0.136. The lowest BCUT2D eigenvalue weighted by Crippen LogP contribution is -2.11. The van der Waals surface area contributed by atoms with E-state index in [2.05, 4.69) is 14.3 Å². The molecule has 0 bridgehead atoms. The van der Waals surface area contributed by atoms with Crippen LogP contribution in [-0.2, 0) is 10.0 Å². The number of aromatic nitrogens is 1. The Kier molecular flexibility index (Phi) is 7.00. The maximum Gasteiger partial charge on any atom is 0.284 e. The number of rotatable bonds is 2. The number of nitrogens with one attached hydrogen (secondary N) is 1. The quantitative estimate of drug-likeness (QED) is 0.533. The van der Waals surface area contributed by atoms with Gasteiger partial charge in [0.2, 0.25) is 0 Å². The number of halogens is 1. The normalized spacial score (nSPS) is 13.6. The summed E-state index contributed by atoms with van der Waals surface area (Å²) < 4.78 is 27.5. The van der Waals surface area contributed by atoms with Gasteiger partial charge in [-0.3, -0.25) is 0 Å². The fourth-order valence-corrected chi connectivity index (χ4v) is 4.99. The Labute approximate surface area is 172 Å². The van der Waals surface area contributed by atoms with Crippen LogP contribution in [0.5, 0.6) is 0 Å². The van der Waals surface area contributed by atoms with Crippen LogP contribution in [0.25, 0.3) is 5.41 Å². The molecule has 1 aliphatic rings. The third-order valence-corrected chi connectivity index (χ3v) is 6.58. The summed E-state index contributed by atoms with van der Waals surface area (Å²) in [6.45, 7) is 1.68. The van der Waals surface area contributed by atoms with E-state index < -0.39 is 10.0 Å². The average Bonchev–Trinajstić information content (AvgIpc) is 2.65. The number of anilines is 1. The van der Waals surface area contributed by atoms with Crippen molar-refractivity contribution < 1.29 is 13.4 Å². The first-order valence-electron chi connectivity index (χ1n) is 7.83. The second-order valence-corrected chi connectivity index (χ2v) is 8.78. The lowest BCUT2D eigenvalue weighted by molar-refractivity contribution is -0.377. The number of hydrogen-bond donors (Lipinski definition) is 0. The molecule has 0 unspecified atom stereocenters. The maximum atomic E-state index is 12.0. The van der Waals surface area contributed by atoms with Crippen LogP contribution in [0.4, 0.5) is 5.69 Å². The number of pyridine rings is 1. The number of fused-ring (bicyclic) bond motifs is 1. The van der Waals surface area contributed by atoms with E-state index in [1.807, 2.05) is 38.6 Å². The Morgan fingerprint density at radius 2 is 1.96 bits per heavy atom. The standard InChI is InChI=1S/C11H5ClN3O2S2.C7H10N2/c1-6-2-10-9(3-8(6)12)18-11(7(4-13)5-14)15-19(10,16)17;1-9(2)7-3-5-8-6-4-7/h2-3H,1H3;3-6H,1-2H3/q-1;/p+1. The number of hydrogen-bond acceptors (Lipinski definition) is 5. The first-order valence-corrected chi connectivity index (χ1v) is 10.5. The van der Waals surface area contributed by atoms with E-state index in [1.165, 1.54) is 17.8 Å². The molecule has 0 amide bonds. The van der Waals surface area contributed by atoms with Crippen molar-refractivity contribution in [3.63, 3.8) is 0 Å². The summed E-state index contributed by atoms with van der Waals surface area (Å²) in [6, 6.07) is 8.60. The first kappa shape index (κ1) is 21.7. The van der Waals surface area contributed by atoms with Gasteiger partial charge in [-0.15, -0.1) is 0 Å². The van der Waals surface area contributed by atoms with Gasteiger partial charge in [0.1, 0.15) is 21.6 Å². The number of sulfonamides is 1. The van der Waals surface area contributed by atoms with Gasteiger partial charge in [0, 0.05) is 41.8 Å². The van der Waals surface area contributed by atoms with E-state index in [9.17, 15) is 8.42 Å². The Balaban J connectivity index is 0.000000261. The smallest absolute Gasteiger partial charge is 0.284 e. The summed E-state index contributed by atoms with van der Waals surface area (Å²) >= 11 is 6.89. The minimum absolute atomic E-state index is 0.0402. The van der Waals surface area contributed by atoms with Crippen molar-refractivity contribution in [2.24, 2.45) is 4.40 Å². The lowest BCUT2D eigenvalue weighted by atomic mass is 10.2. The maximum absolute atomic E-state index is 12.0. The third-order valence-electron chi connectivity index (χ3n) is 3.57. The van der Waals surface area contributed by atoms with Crippen LogP contribution in [0, 0.1) is 18.3 Å². The fourth-order valence-electron chi connectivity index (χ4n) is 2.09. The summed E-state index contributed by atoms with van der Waals surface area (Å²) in [6.07, 6.45) is 3.82. The highest BCUT2D eigenvalue weighted by Crippen LogP contribution is 2.38. The van der Waals surface area contributed by atoms with Crippen LogP contribution in [-0.4, -0.2) is 33.4 Å². The van der Waals surface area contributed by atoms with Gasteiger partial charge in [0.25, 0.3) is 10.0 Å². The molecular formula is C18H16ClN5O2S2. The molecule has 0 atom stereocenters. The fraction of sp³-hybridized carbons (Fsp3) is 0.167. The van der Waals surface area contributed by atoms with Gasteiger partial charge in [-0.25, -0.2) is 10.9 Å². The van der Waals surface area contributed by atoms with E-state index in [0.29, 0.717) is 15.5 Å². The summed E-state index contributed by atoms with van der Waals surface area (Å²) in [4.78, 5) is 5.43. The second-order valence-electron chi connectivity index (χ2n) is 5.77. The predicted molar refractivity (Wildman–Crippen MR) is 111 cm³/mol. The van der Waals surface area contributed by atoms with Crippen molar-refractivity contribution in [2.45, 2.75) is 16.7 Å². The van der Waals surface area contributed by atoms with Crippen molar-refractivity contribution >= 4 is 50.0 Å². The predicted octanol–water partition coefficient (Wildman–Crippen LogP) is 3.10. The topological polar surface area (TPSA) is 110 Å². The molecule has 7 nitrogen and oxygen atoms in total. The van der Waals surface area contributed by atoms with E-state index in [1.54, 1.807) is 18.9 Å². The van der Waals surface area contributed by atoms with Crippen LogP contribution in [0.3, 0.4) is 0 Å². The van der Waals surface area contributed by atoms with E-state index in [0.717, 1.165) is 11.8 Å². The van der Waals surface area contributed by atoms with Crippen molar-refractivity contribution in [2.75, 3.05) is 19.0 Å². The summed E-state index contributed by atoms with van der Waals surface area (Å²) in [5, 5.41) is 17.8. The van der Waals surface area contributed by atoms with Crippen molar-refractivity contribution in [3.05, 3.63) is 58.2 Å².